The maximum atomic E-state index is 8.88. The van der Waals surface area contributed by atoms with E-state index in [9.17, 15) is 0 Å². The van der Waals surface area contributed by atoms with Gasteiger partial charge in [0.2, 0.25) is 0 Å². The van der Waals surface area contributed by atoms with Crippen LogP contribution in [0, 0.1) is 0 Å². The van der Waals surface area contributed by atoms with Crippen molar-refractivity contribution >= 4 is 83.3 Å². The SMILES string of the molecule is CCO.O=P(O)(O)O.[CaH2].[CaH2]. The first-order chi connectivity index (χ1) is 3.41. The molecule has 0 aromatic carbocycles. The summed E-state index contributed by atoms with van der Waals surface area (Å²) in [5.74, 6) is 0. The standard InChI is InChI=1S/C2H6O.2Ca.H3O4P.4H/c1-2-3;;;1-5(2,3)4;;;;/h3H,2H2,1H3;;;(H3,1,2,3,4);;;;. The van der Waals surface area contributed by atoms with E-state index in [2.05, 4.69) is 0 Å². The van der Waals surface area contributed by atoms with E-state index in [0.717, 1.165) is 0 Å². The van der Waals surface area contributed by atoms with Crippen LogP contribution in [0.5, 0.6) is 0 Å². The van der Waals surface area contributed by atoms with Gasteiger partial charge in [-0.25, -0.2) is 4.57 Å². The van der Waals surface area contributed by atoms with Gasteiger partial charge in [0, 0.05) is 6.61 Å². The summed E-state index contributed by atoms with van der Waals surface area (Å²) in [7, 11) is -4.64. The predicted molar refractivity (Wildman–Crippen MR) is 44.1 cm³/mol. The van der Waals surface area contributed by atoms with Crippen LogP contribution in [0.15, 0.2) is 0 Å². The molecule has 0 unspecified atom stereocenters. The normalized spacial score (nSPS) is 7.70. The Morgan fingerprint density at radius 3 is 1.20 bits per heavy atom. The van der Waals surface area contributed by atoms with E-state index >= 15 is 0 Å². The maximum absolute atomic E-state index is 8.88. The molecule has 0 saturated carbocycles. The zero-order valence-corrected chi connectivity index (χ0v) is 5.25. The molecule has 0 aromatic heterocycles. The van der Waals surface area contributed by atoms with Crippen molar-refractivity contribution in [3.63, 3.8) is 0 Å². The van der Waals surface area contributed by atoms with E-state index < -0.39 is 7.82 Å². The Labute approximate surface area is 119 Å². The van der Waals surface area contributed by atoms with Crippen LogP contribution in [-0.4, -0.2) is 102 Å². The molecule has 0 radical (unpaired) electrons. The van der Waals surface area contributed by atoms with Crippen LogP contribution in [0.25, 0.3) is 0 Å². The third kappa shape index (κ3) is 145. The number of aliphatic hydroxyl groups excluding tert-OH is 1. The van der Waals surface area contributed by atoms with Gasteiger partial charge < -0.3 is 19.8 Å². The van der Waals surface area contributed by atoms with Gasteiger partial charge in [-0.05, 0) is 6.92 Å². The minimum absolute atomic E-state index is 0. The summed E-state index contributed by atoms with van der Waals surface area (Å²) in [6.07, 6.45) is 0. The van der Waals surface area contributed by atoms with Gasteiger partial charge in [0.05, 0.1) is 0 Å². The second-order valence-corrected chi connectivity index (χ2v) is 1.86. The van der Waals surface area contributed by atoms with Crippen LogP contribution >= 0.6 is 7.82 Å². The zero-order chi connectivity index (χ0) is 7.21. The van der Waals surface area contributed by atoms with Crippen LogP contribution < -0.4 is 0 Å². The molecule has 0 aliphatic heterocycles. The Kier molecular flexibility index (Phi) is 32.4. The molecule has 60 valence electrons. The molecule has 4 N–H and O–H groups in total. The van der Waals surface area contributed by atoms with Crippen molar-refractivity contribution < 1.29 is 24.4 Å². The average molecular weight is 228 g/mol. The fourth-order valence-electron chi connectivity index (χ4n) is 0. The fourth-order valence-corrected chi connectivity index (χ4v) is 0. The molecule has 0 amide bonds. The van der Waals surface area contributed by atoms with Crippen molar-refractivity contribution in [2.45, 2.75) is 6.92 Å². The van der Waals surface area contributed by atoms with Crippen molar-refractivity contribution in [2.24, 2.45) is 0 Å². The molecular weight excluding hydrogens is 215 g/mol. The van der Waals surface area contributed by atoms with Crippen molar-refractivity contribution in [1.82, 2.24) is 0 Å². The second kappa shape index (κ2) is 14.1. The number of hydrogen-bond acceptors (Lipinski definition) is 2. The molecule has 5 nitrogen and oxygen atoms in total. The van der Waals surface area contributed by atoms with Gasteiger partial charge in [-0.15, -0.1) is 0 Å². The monoisotopic (exact) mass is 228 g/mol. The molecule has 0 spiro atoms. The molecule has 0 heterocycles. The third-order valence-electron chi connectivity index (χ3n) is 0. The van der Waals surface area contributed by atoms with Gasteiger partial charge in [0.1, 0.15) is 0 Å². The first kappa shape index (κ1) is 22.9. The average Bonchev–Trinajstić information content (AvgIpc) is 1.27. The number of hydrogen-bond donors (Lipinski definition) is 4. The molecule has 0 rings (SSSR count). The van der Waals surface area contributed by atoms with E-state index in [1.807, 2.05) is 0 Å². The molecule has 0 aromatic rings. The van der Waals surface area contributed by atoms with Crippen LogP contribution in [0.1, 0.15) is 6.92 Å². The summed E-state index contributed by atoms with van der Waals surface area (Å²) < 4.78 is 8.88. The first-order valence-corrected chi connectivity index (χ1v) is 3.37. The molecule has 8 heteroatoms. The van der Waals surface area contributed by atoms with Gasteiger partial charge in [-0.2, -0.15) is 0 Å². The molecule has 0 saturated heterocycles. The Morgan fingerprint density at radius 1 is 1.20 bits per heavy atom. The van der Waals surface area contributed by atoms with E-state index in [1.54, 1.807) is 6.92 Å². The van der Waals surface area contributed by atoms with Gasteiger partial charge >= 0.3 is 83.3 Å². The summed E-state index contributed by atoms with van der Waals surface area (Å²) in [5.41, 5.74) is 0. The summed E-state index contributed by atoms with van der Waals surface area (Å²) >= 11 is 0. The Bertz CT molecular complexity index is 73.5. The van der Waals surface area contributed by atoms with Crippen molar-refractivity contribution in [2.75, 3.05) is 6.61 Å². The number of aliphatic hydroxyl groups is 1. The molecule has 0 fully saturated rings. The summed E-state index contributed by atoms with van der Waals surface area (Å²) in [5, 5.41) is 7.57. The summed E-state index contributed by atoms with van der Waals surface area (Å²) in [6.45, 7) is 1.93. The van der Waals surface area contributed by atoms with Crippen LogP contribution in [0.4, 0.5) is 0 Å². The van der Waals surface area contributed by atoms with E-state index in [1.165, 1.54) is 0 Å². The minimum atomic E-state index is -4.64. The molecule has 0 aliphatic rings. The van der Waals surface area contributed by atoms with Crippen molar-refractivity contribution in [1.29, 1.82) is 0 Å². The van der Waals surface area contributed by atoms with E-state index in [-0.39, 0.29) is 82.1 Å². The molecule has 10 heavy (non-hydrogen) atoms. The van der Waals surface area contributed by atoms with Gasteiger partial charge in [0.15, 0.2) is 0 Å². The van der Waals surface area contributed by atoms with Crippen molar-refractivity contribution in [3.05, 3.63) is 0 Å². The molecule has 0 aliphatic carbocycles. The number of phosphoric acid groups is 1. The van der Waals surface area contributed by atoms with Gasteiger partial charge in [-0.1, -0.05) is 0 Å². The predicted octanol–water partition coefficient (Wildman–Crippen LogP) is -2.76. The second-order valence-electron chi connectivity index (χ2n) is 0.830. The van der Waals surface area contributed by atoms with Gasteiger partial charge in [0.25, 0.3) is 0 Å². The van der Waals surface area contributed by atoms with Crippen LogP contribution in [0.2, 0.25) is 0 Å². The quantitative estimate of drug-likeness (QED) is 0.266. The Hall–Kier alpha value is 2.59. The Balaban J connectivity index is -0.0000000326. The fraction of sp³-hybridized carbons (Fsp3) is 1.00. The van der Waals surface area contributed by atoms with Crippen LogP contribution in [-0.2, 0) is 4.57 Å². The summed E-state index contributed by atoms with van der Waals surface area (Å²) in [6, 6.07) is 0. The van der Waals surface area contributed by atoms with Gasteiger partial charge in [-0.3, -0.25) is 0 Å². The van der Waals surface area contributed by atoms with E-state index in [4.69, 9.17) is 24.4 Å². The van der Waals surface area contributed by atoms with E-state index in [0.29, 0.717) is 0 Å². The number of rotatable bonds is 0. The third-order valence-corrected chi connectivity index (χ3v) is 0. The topological polar surface area (TPSA) is 98.0 Å². The van der Waals surface area contributed by atoms with Crippen molar-refractivity contribution in [3.8, 4) is 0 Å². The molecular formula is C2H13Ca2O5P. The Morgan fingerprint density at radius 2 is 1.20 bits per heavy atom. The summed E-state index contributed by atoms with van der Waals surface area (Å²) in [4.78, 5) is 21.6. The zero-order valence-electron chi connectivity index (χ0n) is 4.35. The first-order valence-electron chi connectivity index (χ1n) is 1.81. The molecule has 0 atom stereocenters. The molecule has 0 bridgehead atoms. The van der Waals surface area contributed by atoms with Crippen LogP contribution in [0.3, 0.4) is 0 Å².